The summed E-state index contributed by atoms with van der Waals surface area (Å²) in [4.78, 5) is 29.5. The lowest BCUT2D eigenvalue weighted by atomic mass is 9.82. The molecule has 1 atom stereocenters. The van der Waals surface area contributed by atoms with Gasteiger partial charge in [-0.2, -0.15) is 0 Å². The highest BCUT2D eigenvalue weighted by molar-refractivity contribution is 7.97. The van der Waals surface area contributed by atoms with Crippen LogP contribution in [-0.2, 0) is 11.0 Å². The molecule has 0 spiro atoms. The summed E-state index contributed by atoms with van der Waals surface area (Å²) in [5.41, 5.74) is 11.0. The number of nitrogens with two attached hydrogens (primary N) is 1. The Balaban J connectivity index is 1.59. The maximum atomic E-state index is 14.1. The number of anilines is 3. The van der Waals surface area contributed by atoms with Crippen molar-refractivity contribution in [2.75, 3.05) is 63.7 Å². The highest BCUT2D eigenvalue weighted by Gasteiger charge is 2.35. The van der Waals surface area contributed by atoms with E-state index in [9.17, 15) is 34.2 Å². The molecule has 0 amide bonds. The average molecular weight is 735 g/mol. The predicted octanol–water partition coefficient (Wildman–Crippen LogP) is 4.11. The van der Waals surface area contributed by atoms with E-state index in [0.29, 0.717) is 35.1 Å². The molecule has 0 saturated heterocycles. The largest absolute Gasteiger partial charge is 0.455 e. The Hall–Kier alpha value is -4.12. The van der Waals surface area contributed by atoms with Crippen molar-refractivity contribution in [1.29, 1.82) is 0 Å². The molecule has 7 N–H and O–H groups in total. The quantitative estimate of drug-likeness (QED) is 0.0631. The highest BCUT2D eigenvalue weighted by Crippen LogP contribution is 2.45. The van der Waals surface area contributed by atoms with Crippen LogP contribution in [0.25, 0.3) is 0 Å². The number of benzene rings is 4. The van der Waals surface area contributed by atoms with Gasteiger partial charge in [0.15, 0.2) is 17.3 Å². The van der Waals surface area contributed by atoms with Crippen LogP contribution >= 0.6 is 11.9 Å². The maximum Gasteiger partial charge on any atom is 0.196 e. The second kappa shape index (κ2) is 16.9. The summed E-state index contributed by atoms with van der Waals surface area (Å²) in [7, 11) is -1.64. The van der Waals surface area contributed by atoms with E-state index in [4.69, 9.17) is 10.5 Å². The first-order valence-corrected chi connectivity index (χ1v) is 18.3. The predicted molar refractivity (Wildman–Crippen MR) is 198 cm³/mol. The van der Waals surface area contributed by atoms with Crippen LogP contribution in [0.4, 0.5) is 17.1 Å². The van der Waals surface area contributed by atoms with E-state index >= 15 is 0 Å². The Morgan fingerprint density at radius 1 is 0.784 bits per heavy atom. The number of carbonyl (C=O) groups is 2. The maximum absolute atomic E-state index is 14.1. The number of carbonyl (C=O) groups excluding carboxylic acids is 2. The second-order valence-corrected chi connectivity index (χ2v) is 14.5. The van der Waals surface area contributed by atoms with Crippen molar-refractivity contribution in [3.63, 3.8) is 0 Å². The first-order chi connectivity index (χ1) is 24.5. The van der Waals surface area contributed by atoms with Gasteiger partial charge in [-0.15, -0.1) is 0 Å². The zero-order valence-corrected chi connectivity index (χ0v) is 30.3. The highest BCUT2D eigenvalue weighted by atomic mass is 32.2. The Kier molecular flexibility index (Phi) is 12.7. The Morgan fingerprint density at radius 3 is 1.92 bits per heavy atom. The zero-order chi connectivity index (χ0) is 36.8. The van der Waals surface area contributed by atoms with Crippen molar-refractivity contribution in [3.8, 4) is 11.5 Å². The molecule has 4 aromatic rings. The molecule has 4 aromatic carbocycles. The number of hydrogen-bond donors (Lipinski definition) is 6. The van der Waals surface area contributed by atoms with Gasteiger partial charge in [-0.05, 0) is 73.7 Å². The van der Waals surface area contributed by atoms with Crippen LogP contribution in [0.3, 0.4) is 0 Å². The molecular formula is C37H42N4O8S2. The smallest absolute Gasteiger partial charge is 0.196 e. The molecule has 0 aliphatic heterocycles. The van der Waals surface area contributed by atoms with Crippen LogP contribution in [0.15, 0.2) is 70.5 Å². The minimum atomic E-state index is -1.64. The van der Waals surface area contributed by atoms with E-state index in [1.165, 1.54) is 16.3 Å². The molecular weight excluding hydrogens is 693 g/mol. The van der Waals surface area contributed by atoms with Gasteiger partial charge in [0.1, 0.15) is 16.7 Å². The van der Waals surface area contributed by atoms with Crippen LogP contribution in [0, 0.1) is 20.8 Å². The molecule has 12 nitrogen and oxygen atoms in total. The van der Waals surface area contributed by atoms with Gasteiger partial charge in [-0.1, -0.05) is 30.3 Å². The van der Waals surface area contributed by atoms with Crippen LogP contribution in [0.1, 0.15) is 48.5 Å². The molecule has 270 valence electrons. The third kappa shape index (κ3) is 8.03. The number of hydrogen-bond acceptors (Lipinski definition) is 12. The molecule has 0 aromatic heterocycles. The first-order valence-electron chi connectivity index (χ1n) is 16.4. The fourth-order valence-electron chi connectivity index (χ4n) is 6.07. The molecule has 1 aliphatic rings. The number of nitrogens with one attached hydrogen (secondary N) is 1. The van der Waals surface area contributed by atoms with Gasteiger partial charge < -0.3 is 36.2 Å². The fraction of sp³-hybridized carbons (Fsp3) is 0.297. The first kappa shape index (κ1) is 38.1. The van der Waals surface area contributed by atoms with Crippen LogP contribution in [0.2, 0.25) is 0 Å². The van der Waals surface area contributed by atoms with E-state index in [0.717, 1.165) is 21.6 Å². The van der Waals surface area contributed by atoms with Crippen molar-refractivity contribution in [1.82, 2.24) is 8.61 Å². The Morgan fingerprint density at radius 2 is 1.35 bits per heavy atom. The molecule has 0 heterocycles. The number of fused-ring (bicyclic) bond motifs is 2. The van der Waals surface area contributed by atoms with E-state index in [1.807, 2.05) is 31.1 Å². The lowest BCUT2D eigenvalue weighted by Crippen LogP contribution is -2.31. The van der Waals surface area contributed by atoms with Crippen LogP contribution in [0.5, 0.6) is 11.5 Å². The lowest BCUT2D eigenvalue weighted by molar-refractivity contribution is 0.0980. The Bertz CT molecular complexity index is 1940. The normalized spacial score (nSPS) is 13.0. The van der Waals surface area contributed by atoms with Gasteiger partial charge in [0, 0.05) is 54.0 Å². The van der Waals surface area contributed by atoms with E-state index in [-0.39, 0.29) is 79.0 Å². The minimum Gasteiger partial charge on any atom is -0.455 e. The number of rotatable bonds is 16. The summed E-state index contributed by atoms with van der Waals surface area (Å²) in [6, 6.07) is 16.6. The van der Waals surface area contributed by atoms with Gasteiger partial charge in [0.2, 0.25) is 0 Å². The molecule has 51 heavy (non-hydrogen) atoms. The molecule has 5 rings (SSSR count). The fourth-order valence-corrected chi connectivity index (χ4v) is 8.28. The summed E-state index contributed by atoms with van der Waals surface area (Å²) >= 11 is 1.42. The summed E-state index contributed by atoms with van der Waals surface area (Å²) in [6.45, 7) is 6.20. The van der Waals surface area contributed by atoms with Crippen LogP contribution in [-0.4, -0.2) is 97.4 Å². The van der Waals surface area contributed by atoms with Gasteiger partial charge in [0.05, 0.1) is 53.8 Å². The zero-order valence-electron chi connectivity index (χ0n) is 28.6. The van der Waals surface area contributed by atoms with Crippen LogP contribution < -0.4 is 15.8 Å². The minimum absolute atomic E-state index is 0.00892. The van der Waals surface area contributed by atoms with Crippen molar-refractivity contribution in [2.24, 2.45) is 0 Å². The van der Waals surface area contributed by atoms with Crippen molar-refractivity contribution in [3.05, 3.63) is 99.6 Å². The molecule has 1 unspecified atom stereocenters. The van der Waals surface area contributed by atoms with E-state index < -0.39 is 16.8 Å². The van der Waals surface area contributed by atoms with E-state index in [1.54, 1.807) is 54.6 Å². The molecule has 0 fully saturated rings. The number of ether oxygens (including phenoxy) is 1. The Labute approximate surface area is 303 Å². The molecule has 0 radical (unpaired) electrons. The molecule has 0 saturated carbocycles. The third-order valence-electron chi connectivity index (χ3n) is 8.47. The number of nitrogens with zero attached hydrogens (tertiary/aromatic N) is 2. The average Bonchev–Trinajstić information content (AvgIpc) is 3.12. The SMILES string of the molecule is Cc1cc(C)c(SN(CCO)CCO)c(C)c1Nc1cc(Oc2ccc(S(=O)N(CCO)CCO)cc2)c(N)c2c1C(=O)c1ccccc1C2=O. The topological polar surface area (TPSA) is 186 Å². The molecule has 14 heteroatoms. The monoisotopic (exact) mass is 734 g/mol. The van der Waals surface area contributed by atoms with Crippen molar-refractivity contribution >= 4 is 51.6 Å². The van der Waals surface area contributed by atoms with E-state index in [2.05, 4.69) is 5.32 Å². The van der Waals surface area contributed by atoms with Crippen molar-refractivity contribution in [2.45, 2.75) is 30.6 Å². The molecule has 1 aliphatic carbocycles. The molecule has 0 bridgehead atoms. The van der Waals surface area contributed by atoms with Gasteiger partial charge >= 0.3 is 0 Å². The number of ketones is 2. The van der Waals surface area contributed by atoms with Gasteiger partial charge in [-0.3, -0.25) is 9.59 Å². The van der Waals surface area contributed by atoms with Gasteiger partial charge in [-0.25, -0.2) is 12.8 Å². The summed E-state index contributed by atoms with van der Waals surface area (Å²) in [6.07, 6.45) is 0. The summed E-state index contributed by atoms with van der Waals surface area (Å²) in [5.74, 6) is -0.324. The summed E-state index contributed by atoms with van der Waals surface area (Å²) < 4.78 is 22.6. The second-order valence-electron chi connectivity index (χ2n) is 11.9. The summed E-state index contributed by atoms with van der Waals surface area (Å²) in [5, 5.41) is 41.3. The lowest BCUT2D eigenvalue weighted by Gasteiger charge is -2.26. The number of nitrogen functional groups attached to an aromatic ring is 1. The number of aryl methyl sites for hydroxylation is 2. The number of aliphatic hydroxyl groups excluding tert-OH is 4. The standard InChI is InChI=1S/C37H42N4O8S2/c1-22-20-23(2)37(50-40(12-16-42)13-17-43)24(3)34(22)39-29-21-30(33(38)32-31(29)35(46)27-6-4-5-7-28(27)36(32)47)49-25-8-10-26(11-9-25)51(48)41(14-18-44)15-19-45/h4-11,20-21,39,42-45H,12-19,38H2,1-3H3. The van der Waals surface area contributed by atoms with Crippen molar-refractivity contribution < 1.29 is 39.0 Å². The van der Waals surface area contributed by atoms with Gasteiger partial charge in [0.25, 0.3) is 0 Å². The number of aliphatic hydroxyl groups is 4. The third-order valence-corrected chi connectivity index (χ3v) is 11.4.